The Bertz CT molecular complexity index is 831. The van der Waals surface area contributed by atoms with Crippen LogP contribution in [0.15, 0.2) is 42.5 Å². The molecule has 2 aromatic carbocycles. The Kier molecular flexibility index (Phi) is 5.68. The Morgan fingerprint density at radius 3 is 2.32 bits per heavy atom. The molecule has 1 aliphatic rings. The fourth-order valence-electron chi connectivity index (χ4n) is 3.29. The van der Waals surface area contributed by atoms with E-state index in [1.807, 2.05) is 32.0 Å². The van der Waals surface area contributed by atoms with E-state index in [2.05, 4.69) is 5.32 Å². The Morgan fingerprint density at radius 1 is 1.07 bits per heavy atom. The minimum atomic E-state index is -0.645. The highest BCUT2D eigenvalue weighted by Crippen LogP contribution is 2.41. The molecule has 2 atom stereocenters. The molecule has 1 heterocycles. The number of nitrogens with one attached hydrogen (secondary N) is 1. The maximum Gasteiger partial charge on any atom is 0.261 e. The fourth-order valence-corrected chi connectivity index (χ4v) is 3.29. The van der Waals surface area contributed by atoms with Gasteiger partial charge in [-0.15, -0.1) is 0 Å². The molecule has 3 rings (SSSR count). The molecular weight excluding hydrogens is 358 g/mol. The Hall–Kier alpha value is -2.89. The molecule has 0 aliphatic carbocycles. The van der Waals surface area contributed by atoms with Crippen molar-refractivity contribution < 1.29 is 23.7 Å². The fraction of sp³-hybridized carbons (Fsp3) is 0.409. The smallest absolute Gasteiger partial charge is 0.261 e. The van der Waals surface area contributed by atoms with Gasteiger partial charge < -0.3 is 24.3 Å². The van der Waals surface area contributed by atoms with Crippen LogP contribution in [0.3, 0.4) is 0 Å². The van der Waals surface area contributed by atoms with Gasteiger partial charge in [-0.3, -0.25) is 4.79 Å². The number of hydrogen-bond acceptors (Lipinski definition) is 5. The van der Waals surface area contributed by atoms with Crippen LogP contribution >= 0.6 is 0 Å². The van der Waals surface area contributed by atoms with Crippen LogP contribution in [0.2, 0.25) is 0 Å². The van der Waals surface area contributed by atoms with Gasteiger partial charge in [0.1, 0.15) is 28.6 Å². The number of ether oxygens (including phenoxy) is 4. The van der Waals surface area contributed by atoms with Crippen molar-refractivity contribution in [1.82, 2.24) is 5.32 Å². The second kappa shape index (κ2) is 8.00. The van der Waals surface area contributed by atoms with Gasteiger partial charge in [-0.25, -0.2) is 0 Å². The Morgan fingerprint density at radius 2 is 1.68 bits per heavy atom. The molecule has 0 bridgehead atoms. The number of rotatable bonds is 6. The number of fused-ring (bicyclic) bond motifs is 1. The average molecular weight is 385 g/mol. The minimum absolute atomic E-state index is 0.188. The maximum absolute atomic E-state index is 12.8. The zero-order valence-electron chi connectivity index (χ0n) is 16.9. The first kappa shape index (κ1) is 19.9. The van der Waals surface area contributed by atoms with Crippen molar-refractivity contribution in [3.63, 3.8) is 0 Å². The van der Waals surface area contributed by atoms with Crippen LogP contribution in [0.5, 0.6) is 23.0 Å². The largest absolute Gasteiger partial charge is 0.497 e. The number of methoxy groups -OCH3 is 2. The summed E-state index contributed by atoms with van der Waals surface area (Å²) in [5.74, 6) is 2.64. The van der Waals surface area contributed by atoms with E-state index in [0.29, 0.717) is 12.2 Å². The van der Waals surface area contributed by atoms with Gasteiger partial charge in [-0.2, -0.15) is 0 Å². The number of amides is 1. The van der Waals surface area contributed by atoms with E-state index in [9.17, 15) is 4.79 Å². The topological polar surface area (TPSA) is 66.0 Å². The van der Waals surface area contributed by atoms with Gasteiger partial charge in [0, 0.05) is 12.0 Å². The van der Waals surface area contributed by atoms with E-state index >= 15 is 0 Å². The summed E-state index contributed by atoms with van der Waals surface area (Å²) in [5, 5.41) is 3.10. The third-order valence-electron chi connectivity index (χ3n) is 4.73. The molecule has 6 nitrogen and oxygen atoms in total. The van der Waals surface area contributed by atoms with Crippen LogP contribution in [0, 0.1) is 0 Å². The first-order valence-corrected chi connectivity index (χ1v) is 9.29. The quantitative estimate of drug-likeness (QED) is 0.817. The summed E-state index contributed by atoms with van der Waals surface area (Å²) in [6.07, 6.45) is 0.00200. The molecule has 0 fully saturated rings. The molecule has 150 valence electrons. The number of benzene rings is 2. The lowest BCUT2D eigenvalue weighted by Crippen LogP contribution is -2.44. The van der Waals surface area contributed by atoms with Crippen LogP contribution in [0.25, 0.3) is 0 Å². The van der Waals surface area contributed by atoms with Crippen molar-refractivity contribution in [2.45, 2.75) is 44.9 Å². The second-order valence-electron chi connectivity index (χ2n) is 7.47. The van der Waals surface area contributed by atoms with Crippen LogP contribution in [0.4, 0.5) is 0 Å². The summed E-state index contributed by atoms with van der Waals surface area (Å²) in [6.45, 7) is 5.75. The molecule has 0 spiro atoms. The standard InChI is InChI=1S/C22H27NO5/c1-14(27-16-8-6-15(25-4)7-9-16)21(24)23-19-13-22(2,3)28-20-11-10-17(26-5)12-18(19)20/h6-12,14,19H,13H2,1-5H3,(H,23,24)/t14-,19+/m1/s1. The van der Waals surface area contributed by atoms with E-state index in [4.69, 9.17) is 18.9 Å². The van der Waals surface area contributed by atoms with Crippen LogP contribution in [-0.4, -0.2) is 31.8 Å². The number of hydrogen-bond donors (Lipinski definition) is 1. The number of carbonyl (C=O) groups excluding carboxylic acids is 1. The van der Waals surface area contributed by atoms with Gasteiger partial charge in [0.25, 0.3) is 5.91 Å². The van der Waals surface area contributed by atoms with Crippen molar-refractivity contribution in [2.24, 2.45) is 0 Å². The zero-order chi connectivity index (χ0) is 20.3. The van der Waals surface area contributed by atoms with Crippen molar-refractivity contribution in [2.75, 3.05) is 14.2 Å². The molecule has 1 amide bonds. The van der Waals surface area contributed by atoms with Crippen LogP contribution in [-0.2, 0) is 4.79 Å². The molecule has 2 aromatic rings. The molecule has 1 aliphatic heterocycles. The third kappa shape index (κ3) is 4.50. The van der Waals surface area contributed by atoms with Gasteiger partial charge in [-0.1, -0.05) is 0 Å². The lowest BCUT2D eigenvalue weighted by molar-refractivity contribution is -0.128. The van der Waals surface area contributed by atoms with Gasteiger partial charge >= 0.3 is 0 Å². The molecule has 0 radical (unpaired) electrons. The van der Waals surface area contributed by atoms with Crippen LogP contribution in [0.1, 0.15) is 38.8 Å². The summed E-state index contributed by atoms with van der Waals surface area (Å²) in [4.78, 5) is 12.8. The minimum Gasteiger partial charge on any atom is -0.497 e. The van der Waals surface area contributed by atoms with E-state index in [0.717, 1.165) is 22.8 Å². The summed E-state index contributed by atoms with van der Waals surface area (Å²) < 4.78 is 22.3. The van der Waals surface area contributed by atoms with E-state index in [1.54, 1.807) is 45.4 Å². The third-order valence-corrected chi connectivity index (χ3v) is 4.73. The van der Waals surface area contributed by atoms with Crippen molar-refractivity contribution in [1.29, 1.82) is 0 Å². The van der Waals surface area contributed by atoms with Crippen molar-refractivity contribution >= 4 is 5.91 Å². The van der Waals surface area contributed by atoms with E-state index < -0.39 is 6.10 Å². The predicted octanol–water partition coefficient (Wildman–Crippen LogP) is 3.89. The first-order valence-electron chi connectivity index (χ1n) is 9.29. The summed E-state index contributed by atoms with van der Waals surface area (Å²) >= 11 is 0. The Balaban J connectivity index is 1.73. The highest BCUT2D eigenvalue weighted by atomic mass is 16.5. The number of carbonyl (C=O) groups is 1. The van der Waals surface area contributed by atoms with Gasteiger partial charge in [0.2, 0.25) is 0 Å². The zero-order valence-corrected chi connectivity index (χ0v) is 16.9. The molecular formula is C22H27NO5. The lowest BCUT2D eigenvalue weighted by Gasteiger charge is -2.38. The molecule has 6 heteroatoms. The van der Waals surface area contributed by atoms with Crippen molar-refractivity contribution in [3.05, 3.63) is 48.0 Å². The second-order valence-corrected chi connectivity index (χ2v) is 7.47. The normalized spacial score (nSPS) is 18.2. The summed E-state index contributed by atoms with van der Waals surface area (Å²) in [5.41, 5.74) is 0.517. The molecule has 0 aromatic heterocycles. The Labute approximate surface area is 165 Å². The van der Waals surface area contributed by atoms with Gasteiger partial charge in [-0.05, 0) is 63.2 Å². The average Bonchev–Trinajstić information content (AvgIpc) is 2.67. The van der Waals surface area contributed by atoms with E-state index in [-0.39, 0.29) is 17.6 Å². The predicted molar refractivity (Wildman–Crippen MR) is 106 cm³/mol. The van der Waals surface area contributed by atoms with Gasteiger partial charge in [0.15, 0.2) is 6.10 Å². The molecule has 0 unspecified atom stereocenters. The molecule has 0 saturated carbocycles. The lowest BCUT2D eigenvalue weighted by atomic mass is 9.89. The van der Waals surface area contributed by atoms with Crippen LogP contribution < -0.4 is 24.3 Å². The summed E-state index contributed by atoms with van der Waals surface area (Å²) in [7, 11) is 3.22. The van der Waals surface area contributed by atoms with Crippen molar-refractivity contribution in [3.8, 4) is 23.0 Å². The highest BCUT2D eigenvalue weighted by molar-refractivity contribution is 5.81. The molecule has 28 heavy (non-hydrogen) atoms. The summed E-state index contributed by atoms with van der Waals surface area (Å²) in [6, 6.07) is 12.6. The molecule has 1 N–H and O–H groups in total. The van der Waals surface area contributed by atoms with Gasteiger partial charge in [0.05, 0.1) is 20.3 Å². The monoisotopic (exact) mass is 385 g/mol. The first-order chi connectivity index (χ1) is 13.3. The SMILES string of the molecule is COc1ccc(O[C@H](C)C(=O)N[C@H]2CC(C)(C)Oc3ccc(OC)cc32)cc1. The van der Waals surface area contributed by atoms with E-state index in [1.165, 1.54) is 0 Å². The highest BCUT2D eigenvalue weighted by Gasteiger charge is 2.35. The molecule has 0 saturated heterocycles. The maximum atomic E-state index is 12.8.